The summed E-state index contributed by atoms with van der Waals surface area (Å²) in [5.41, 5.74) is 3.28. The molecule has 1 fully saturated rings. The standard InChI is InChI=1S/C24H24BNO3/c1-23(2)24(3,4)29-25(28-23)17-14-15-22-20(16-17)26(18-10-6-5-7-11-18)19-12-8-9-13-21(19)27-22/h5-16H,1-4H3. The third-order valence-electron chi connectivity index (χ3n) is 6.09. The summed E-state index contributed by atoms with van der Waals surface area (Å²) >= 11 is 0. The lowest BCUT2D eigenvalue weighted by atomic mass is 9.78. The number of hydrogen-bond acceptors (Lipinski definition) is 4. The molecule has 2 aliphatic heterocycles. The van der Waals surface area contributed by atoms with Crippen LogP contribution in [0.15, 0.2) is 72.8 Å². The van der Waals surface area contributed by atoms with Gasteiger partial charge in [0.2, 0.25) is 0 Å². The molecule has 4 nitrogen and oxygen atoms in total. The minimum atomic E-state index is -0.417. The molecule has 3 aromatic rings. The van der Waals surface area contributed by atoms with Crippen molar-refractivity contribution in [1.82, 2.24) is 0 Å². The van der Waals surface area contributed by atoms with E-state index in [2.05, 4.69) is 56.9 Å². The minimum absolute atomic E-state index is 0.379. The maximum Gasteiger partial charge on any atom is 0.494 e. The monoisotopic (exact) mass is 385 g/mol. The zero-order chi connectivity index (χ0) is 20.2. The topological polar surface area (TPSA) is 30.9 Å². The van der Waals surface area contributed by atoms with Crippen LogP contribution < -0.4 is 15.1 Å². The van der Waals surface area contributed by atoms with Crippen LogP contribution in [0.25, 0.3) is 0 Å². The molecule has 0 saturated carbocycles. The molecule has 5 heteroatoms. The number of fused-ring (bicyclic) bond motifs is 2. The number of hydrogen-bond donors (Lipinski definition) is 0. The normalized spacial score (nSPS) is 18.8. The first kappa shape index (κ1) is 18.3. The van der Waals surface area contributed by atoms with E-state index in [0.717, 1.165) is 34.0 Å². The second-order valence-electron chi connectivity index (χ2n) is 8.56. The van der Waals surface area contributed by atoms with E-state index < -0.39 is 7.12 Å². The minimum Gasteiger partial charge on any atom is -0.453 e. The van der Waals surface area contributed by atoms with Gasteiger partial charge < -0.3 is 18.9 Å². The fourth-order valence-electron chi connectivity index (χ4n) is 3.75. The Bertz CT molecular complexity index is 1050. The van der Waals surface area contributed by atoms with Gasteiger partial charge in [-0.1, -0.05) is 36.4 Å². The van der Waals surface area contributed by atoms with Crippen molar-refractivity contribution in [3.05, 3.63) is 72.8 Å². The largest absolute Gasteiger partial charge is 0.494 e. The molecular formula is C24H24BNO3. The van der Waals surface area contributed by atoms with Crippen molar-refractivity contribution in [2.24, 2.45) is 0 Å². The second kappa shape index (κ2) is 6.38. The summed E-state index contributed by atoms with van der Waals surface area (Å²) in [7, 11) is -0.417. The molecule has 0 spiro atoms. The van der Waals surface area contributed by atoms with Gasteiger partial charge >= 0.3 is 7.12 Å². The Hall–Kier alpha value is -2.76. The number of benzene rings is 3. The number of ether oxygens (including phenoxy) is 1. The Morgan fingerprint density at radius 1 is 0.690 bits per heavy atom. The summed E-state index contributed by atoms with van der Waals surface area (Å²) in [5, 5.41) is 0. The molecule has 0 amide bonds. The van der Waals surface area contributed by atoms with E-state index in [1.54, 1.807) is 0 Å². The lowest BCUT2D eigenvalue weighted by Gasteiger charge is -2.33. The van der Waals surface area contributed by atoms with Crippen LogP contribution in [-0.2, 0) is 9.31 Å². The van der Waals surface area contributed by atoms with E-state index in [1.807, 2.05) is 48.5 Å². The van der Waals surface area contributed by atoms with Gasteiger partial charge in [0.15, 0.2) is 11.5 Å². The van der Waals surface area contributed by atoms with Crippen molar-refractivity contribution in [1.29, 1.82) is 0 Å². The molecule has 0 aliphatic carbocycles. The van der Waals surface area contributed by atoms with E-state index in [4.69, 9.17) is 14.0 Å². The first-order valence-corrected chi connectivity index (χ1v) is 9.97. The molecular weight excluding hydrogens is 361 g/mol. The van der Waals surface area contributed by atoms with Gasteiger partial charge in [-0.3, -0.25) is 0 Å². The first-order chi connectivity index (χ1) is 13.9. The van der Waals surface area contributed by atoms with Gasteiger partial charge in [0.05, 0.1) is 22.6 Å². The van der Waals surface area contributed by atoms with Gasteiger partial charge in [-0.15, -0.1) is 0 Å². The van der Waals surface area contributed by atoms with Crippen LogP contribution in [0.5, 0.6) is 11.5 Å². The fraction of sp³-hybridized carbons (Fsp3) is 0.250. The molecule has 2 aliphatic rings. The number of nitrogens with zero attached hydrogens (tertiary/aromatic N) is 1. The average Bonchev–Trinajstić information content (AvgIpc) is 2.93. The van der Waals surface area contributed by atoms with Gasteiger partial charge in [-0.25, -0.2) is 0 Å². The molecule has 0 bridgehead atoms. The highest BCUT2D eigenvalue weighted by Gasteiger charge is 2.52. The number of rotatable bonds is 2. The average molecular weight is 385 g/mol. The Morgan fingerprint density at radius 3 is 2.03 bits per heavy atom. The molecule has 1 saturated heterocycles. The van der Waals surface area contributed by atoms with Gasteiger partial charge in [-0.2, -0.15) is 0 Å². The predicted molar refractivity (Wildman–Crippen MR) is 117 cm³/mol. The highest BCUT2D eigenvalue weighted by atomic mass is 16.7. The van der Waals surface area contributed by atoms with Crippen molar-refractivity contribution in [3.8, 4) is 11.5 Å². The zero-order valence-electron chi connectivity index (χ0n) is 17.2. The maximum absolute atomic E-state index is 6.27. The Kier molecular flexibility index (Phi) is 4.02. The van der Waals surface area contributed by atoms with Crippen LogP contribution in [0.2, 0.25) is 0 Å². The molecule has 2 heterocycles. The quantitative estimate of drug-likeness (QED) is 0.423. The summed E-state index contributed by atoms with van der Waals surface area (Å²) < 4.78 is 18.7. The van der Waals surface area contributed by atoms with E-state index in [0.29, 0.717) is 0 Å². The van der Waals surface area contributed by atoms with Gasteiger partial charge in [0, 0.05) is 5.69 Å². The van der Waals surface area contributed by atoms with Gasteiger partial charge in [0.1, 0.15) is 0 Å². The molecule has 0 radical (unpaired) electrons. The zero-order valence-corrected chi connectivity index (χ0v) is 17.2. The van der Waals surface area contributed by atoms with Crippen LogP contribution >= 0.6 is 0 Å². The second-order valence-corrected chi connectivity index (χ2v) is 8.56. The van der Waals surface area contributed by atoms with Gasteiger partial charge in [0.25, 0.3) is 0 Å². The van der Waals surface area contributed by atoms with Crippen molar-refractivity contribution in [2.75, 3.05) is 4.90 Å². The highest BCUT2D eigenvalue weighted by molar-refractivity contribution is 6.62. The molecule has 0 N–H and O–H groups in total. The summed E-state index contributed by atoms with van der Waals surface area (Å²) in [5.74, 6) is 1.65. The molecule has 5 rings (SSSR count). The Balaban J connectivity index is 1.62. The highest BCUT2D eigenvalue weighted by Crippen LogP contribution is 2.50. The number of anilines is 3. The van der Waals surface area contributed by atoms with Crippen LogP contribution in [0.3, 0.4) is 0 Å². The van der Waals surface area contributed by atoms with E-state index in [9.17, 15) is 0 Å². The third-order valence-corrected chi connectivity index (χ3v) is 6.09. The van der Waals surface area contributed by atoms with Crippen molar-refractivity contribution in [2.45, 2.75) is 38.9 Å². The van der Waals surface area contributed by atoms with Crippen molar-refractivity contribution in [3.63, 3.8) is 0 Å². The van der Waals surface area contributed by atoms with E-state index in [-0.39, 0.29) is 11.2 Å². The summed E-state index contributed by atoms with van der Waals surface area (Å²) in [6, 6.07) is 24.6. The summed E-state index contributed by atoms with van der Waals surface area (Å²) in [6.07, 6.45) is 0. The van der Waals surface area contributed by atoms with Crippen molar-refractivity contribution >= 4 is 29.6 Å². The van der Waals surface area contributed by atoms with Crippen LogP contribution in [0.1, 0.15) is 27.7 Å². The van der Waals surface area contributed by atoms with E-state index >= 15 is 0 Å². The molecule has 0 atom stereocenters. The van der Waals surface area contributed by atoms with Crippen LogP contribution in [0.4, 0.5) is 17.1 Å². The predicted octanol–water partition coefficient (Wildman–Crippen LogP) is 5.56. The van der Waals surface area contributed by atoms with Crippen LogP contribution in [-0.4, -0.2) is 18.3 Å². The molecule has 3 aromatic carbocycles. The molecule has 29 heavy (non-hydrogen) atoms. The van der Waals surface area contributed by atoms with Crippen molar-refractivity contribution < 1.29 is 14.0 Å². The maximum atomic E-state index is 6.27. The fourth-order valence-corrected chi connectivity index (χ4v) is 3.75. The first-order valence-electron chi connectivity index (χ1n) is 9.97. The summed E-state index contributed by atoms with van der Waals surface area (Å²) in [6.45, 7) is 8.28. The van der Waals surface area contributed by atoms with Gasteiger partial charge in [-0.05, 0) is 69.6 Å². The number of para-hydroxylation sites is 3. The summed E-state index contributed by atoms with van der Waals surface area (Å²) in [4.78, 5) is 2.23. The third kappa shape index (κ3) is 2.93. The Morgan fingerprint density at radius 2 is 1.31 bits per heavy atom. The lowest BCUT2D eigenvalue weighted by Crippen LogP contribution is -2.41. The smallest absolute Gasteiger partial charge is 0.453 e. The van der Waals surface area contributed by atoms with Crippen LogP contribution in [0, 0.1) is 0 Å². The SMILES string of the molecule is CC1(C)OB(c2ccc3c(c2)N(c2ccccc2)c2ccccc2O3)OC1(C)C. The Labute approximate surface area is 172 Å². The molecule has 146 valence electrons. The molecule has 0 unspecified atom stereocenters. The lowest BCUT2D eigenvalue weighted by molar-refractivity contribution is 0.00578. The molecule has 0 aromatic heterocycles. The van der Waals surface area contributed by atoms with E-state index in [1.165, 1.54) is 0 Å².